The fraction of sp³-hybridized carbons (Fsp3) is 0.365. The van der Waals surface area contributed by atoms with Crippen LogP contribution >= 0.6 is 11.6 Å². The predicted octanol–water partition coefficient (Wildman–Crippen LogP) is 11.1. The van der Waals surface area contributed by atoms with Gasteiger partial charge < -0.3 is 14.4 Å². The molecular formula is C52H56ClN4O2+. The van der Waals surface area contributed by atoms with Crippen LogP contribution in [0, 0.1) is 11.3 Å². The van der Waals surface area contributed by atoms with Gasteiger partial charge in [-0.1, -0.05) is 105 Å². The lowest BCUT2D eigenvalue weighted by Crippen LogP contribution is -2.67. The van der Waals surface area contributed by atoms with Crippen molar-refractivity contribution in [2.75, 3.05) is 14.1 Å². The molecule has 1 spiro atoms. The van der Waals surface area contributed by atoms with Crippen LogP contribution in [0.25, 0.3) is 38.5 Å². The molecule has 2 aliphatic heterocycles. The van der Waals surface area contributed by atoms with Gasteiger partial charge in [0.1, 0.15) is 11.6 Å². The first-order valence-corrected chi connectivity index (χ1v) is 22.1. The molecule has 0 N–H and O–H groups in total. The van der Waals surface area contributed by atoms with Crippen molar-refractivity contribution in [1.82, 2.24) is 14.4 Å². The summed E-state index contributed by atoms with van der Waals surface area (Å²) in [6.45, 7) is 11.0. The third-order valence-electron chi connectivity index (χ3n) is 14.1. The van der Waals surface area contributed by atoms with Gasteiger partial charge in [0.25, 0.3) is 0 Å². The number of hydrogen-bond donors (Lipinski definition) is 0. The van der Waals surface area contributed by atoms with E-state index in [0.717, 1.165) is 47.8 Å². The normalized spacial score (nSPS) is 24.3. The van der Waals surface area contributed by atoms with E-state index in [9.17, 15) is 9.59 Å². The van der Waals surface area contributed by atoms with Crippen LogP contribution in [0.15, 0.2) is 119 Å². The van der Waals surface area contributed by atoms with Gasteiger partial charge in [-0.2, -0.15) is 4.58 Å². The minimum Gasteiger partial charge on any atom is -0.338 e. The van der Waals surface area contributed by atoms with E-state index in [1.807, 2.05) is 21.0 Å². The van der Waals surface area contributed by atoms with Gasteiger partial charge >= 0.3 is 0 Å². The Balaban J connectivity index is 1.21. The first-order chi connectivity index (χ1) is 28.5. The van der Waals surface area contributed by atoms with Gasteiger partial charge in [0.05, 0.1) is 10.9 Å². The number of carbonyl (C=O) groups is 2. The average Bonchev–Trinajstić information content (AvgIpc) is 3.75. The standard InChI is InChI=1S/C52H56ClN4O2/c1-8-14-32(3)56-43(39-20-10-16-36-18-12-22-45(56)47(36)39)28-24-35-30-41-42(52(31-35)50(58)54(6)34(5)55(7)51(52)59)27-25-38(49(41)53)26-29-44-40-21-11-17-37-19-13-23-46(48(37)40)57(44)33(4)15-9-2/h10-13,16-24,26,28-30,32-34,42H,8-9,14-15,25,27,31H2,1-7H3/q+1. The van der Waals surface area contributed by atoms with Gasteiger partial charge in [-0.15, -0.1) is 0 Å². The Bertz CT molecular complexity index is 2750. The topological polar surface area (TPSA) is 48.6 Å². The second kappa shape index (κ2) is 15.1. The number of aromatic nitrogens is 1. The second-order valence-corrected chi connectivity index (χ2v) is 17.9. The van der Waals surface area contributed by atoms with E-state index in [2.05, 4.69) is 140 Å². The number of amides is 2. The number of carbonyl (C=O) groups excluding carboxylic acids is 2. The maximum Gasteiger partial charge on any atom is 0.240 e. The molecule has 4 aliphatic rings. The van der Waals surface area contributed by atoms with E-state index >= 15 is 0 Å². The monoisotopic (exact) mass is 803 g/mol. The van der Waals surface area contributed by atoms with Crippen LogP contribution < -0.4 is 5.35 Å². The highest BCUT2D eigenvalue weighted by Crippen LogP contribution is 2.55. The van der Waals surface area contributed by atoms with Gasteiger partial charge in [0, 0.05) is 71.3 Å². The molecule has 1 aromatic heterocycles. The molecule has 4 aromatic carbocycles. The summed E-state index contributed by atoms with van der Waals surface area (Å²) in [6.07, 6.45) is 16.7. The molecule has 3 heterocycles. The number of hydrogen-bond acceptors (Lipinski definition) is 2. The van der Waals surface area contributed by atoms with Crippen molar-refractivity contribution in [2.45, 2.75) is 97.8 Å². The summed E-state index contributed by atoms with van der Waals surface area (Å²) in [6, 6.07) is 26.9. The highest BCUT2D eigenvalue weighted by molar-refractivity contribution is 6.33. The molecule has 3 unspecified atom stereocenters. The van der Waals surface area contributed by atoms with Crippen molar-refractivity contribution in [3.63, 3.8) is 0 Å². The second-order valence-electron chi connectivity index (χ2n) is 17.5. The quantitative estimate of drug-likeness (QED) is 0.110. The third kappa shape index (κ3) is 5.99. The zero-order valence-electron chi connectivity index (χ0n) is 35.6. The first-order valence-electron chi connectivity index (χ1n) is 21.7. The summed E-state index contributed by atoms with van der Waals surface area (Å²) < 4.78 is 4.98. The Labute approximate surface area is 353 Å². The molecule has 7 heteroatoms. The summed E-state index contributed by atoms with van der Waals surface area (Å²) in [7, 11) is 3.67. The fourth-order valence-electron chi connectivity index (χ4n) is 11.0. The largest absolute Gasteiger partial charge is 0.338 e. The van der Waals surface area contributed by atoms with Crippen molar-refractivity contribution >= 4 is 73.3 Å². The number of rotatable bonds is 9. The summed E-state index contributed by atoms with van der Waals surface area (Å²) in [4.78, 5) is 33.1. The molecule has 5 aromatic rings. The van der Waals surface area contributed by atoms with Crippen LogP contribution in [0.1, 0.15) is 91.2 Å². The lowest BCUT2D eigenvalue weighted by atomic mass is 9.58. The van der Waals surface area contributed by atoms with Crippen molar-refractivity contribution in [3.8, 4) is 0 Å². The zero-order chi connectivity index (χ0) is 41.3. The highest BCUT2D eigenvalue weighted by atomic mass is 35.5. The Morgan fingerprint density at radius 2 is 1.51 bits per heavy atom. The van der Waals surface area contributed by atoms with Crippen LogP contribution in [0.2, 0.25) is 0 Å². The highest BCUT2D eigenvalue weighted by Gasteiger charge is 2.61. The molecule has 302 valence electrons. The van der Waals surface area contributed by atoms with Crippen molar-refractivity contribution < 1.29 is 14.2 Å². The zero-order valence-corrected chi connectivity index (χ0v) is 36.3. The van der Waals surface area contributed by atoms with Crippen LogP contribution in [0.4, 0.5) is 5.69 Å². The van der Waals surface area contributed by atoms with Crippen LogP contribution in [0.5, 0.6) is 0 Å². The average molecular weight is 804 g/mol. The van der Waals surface area contributed by atoms with E-state index < -0.39 is 5.41 Å². The van der Waals surface area contributed by atoms with E-state index in [0.29, 0.717) is 30.3 Å². The first kappa shape index (κ1) is 39.3. The molecule has 9 rings (SSSR count). The summed E-state index contributed by atoms with van der Waals surface area (Å²) in [5.41, 5.74) is 6.48. The molecule has 6 nitrogen and oxygen atoms in total. The number of fused-ring (bicyclic) bond motifs is 2. The molecule has 59 heavy (non-hydrogen) atoms. The lowest BCUT2D eigenvalue weighted by Gasteiger charge is -2.53. The van der Waals surface area contributed by atoms with E-state index in [-0.39, 0.29) is 29.9 Å². The molecule has 1 saturated heterocycles. The minimum absolute atomic E-state index is 0.116. The molecule has 3 atom stereocenters. The van der Waals surface area contributed by atoms with Gasteiger partial charge in [0.15, 0.2) is 6.04 Å². The number of benzene rings is 4. The Morgan fingerprint density at radius 3 is 2.22 bits per heavy atom. The van der Waals surface area contributed by atoms with E-state index in [4.69, 9.17) is 11.6 Å². The smallest absolute Gasteiger partial charge is 0.240 e. The molecule has 0 bridgehead atoms. The summed E-state index contributed by atoms with van der Waals surface area (Å²) in [5.74, 6) is -0.567. The van der Waals surface area contributed by atoms with Gasteiger partial charge in [0.2, 0.25) is 23.2 Å². The van der Waals surface area contributed by atoms with Crippen molar-refractivity contribution in [1.29, 1.82) is 0 Å². The summed E-state index contributed by atoms with van der Waals surface area (Å²) >= 11 is 7.60. The van der Waals surface area contributed by atoms with Gasteiger partial charge in [-0.05, 0) is 98.6 Å². The Hall–Kier alpha value is -5.20. The lowest BCUT2D eigenvalue weighted by molar-refractivity contribution is -0.476. The number of halogens is 1. The fourth-order valence-corrected chi connectivity index (χ4v) is 11.4. The molecule has 0 radical (unpaired) electrons. The van der Waals surface area contributed by atoms with Gasteiger partial charge in [-0.3, -0.25) is 9.59 Å². The Morgan fingerprint density at radius 1 is 0.847 bits per heavy atom. The summed E-state index contributed by atoms with van der Waals surface area (Å²) in [5, 5.41) is 8.04. The van der Waals surface area contributed by atoms with Crippen LogP contribution in [-0.4, -0.2) is 62.8 Å². The van der Waals surface area contributed by atoms with Crippen molar-refractivity contribution in [3.05, 3.63) is 130 Å². The molecule has 0 saturated carbocycles. The molecule has 2 aliphatic carbocycles. The van der Waals surface area contributed by atoms with Gasteiger partial charge in [-0.25, -0.2) is 0 Å². The third-order valence-corrected chi connectivity index (χ3v) is 14.6. The Kier molecular flexibility index (Phi) is 10.1. The van der Waals surface area contributed by atoms with E-state index in [1.54, 1.807) is 9.80 Å². The minimum atomic E-state index is -1.28. The molecular weight excluding hydrogens is 748 g/mol. The number of nitrogens with zero attached hydrogens (tertiary/aromatic N) is 4. The maximum absolute atomic E-state index is 14.8. The maximum atomic E-state index is 14.8. The van der Waals surface area contributed by atoms with Crippen molar-refractivity contribution in [2.24, 2.45) is 11.3 Å². The molecule has 2 amide bonds. The SMILES string of the molecule is CCCC(C)n1/c(=C/C=C2/C=C3C(Cl)=C(/C=C/C4=[N+](C(C)CCC)c5cccc6cccc4c56)CCC3C3(C2)C(=O)N(C)C(C)N(C)C3=O)c2cccc3cccc1c32. The van der Waals surface area contributed by atoms with Crippen LogP contribution in [-0.2, 0) is 9.59 Å². The number of allylic oxidation sites excluding steroid dienone is 8. The molecule has 1 fully saturated rings. The predicted molar refractivity (Wildman–Crippen MR) is 244 cm³/mol. The van der Waals surface area contributed by atoms with E-state index in [1.165, 1.54) is 49.4 Å². The van der Waals surface area contributed by atoms with Crippen LogP contribution in [0.3, 0.4) is 0 Å².